The second kappa shape index (κ2) is 4.97. The Kier molecular flexibility index (Phi) is 3.68. The molecule has 1 aromatic carbocycles. The van der Waals surface area contributed by atoms with Gasteiger partial charge in [-0.1, -0.05) is 0 Å². The molecule has 1 aliphatic heterocycles. The van der Waals surface area contributed by atoms with E-state index in [9.17, 15) is 18.6 Å². The predicted octanol–water partition coefficient (Wildman–Crippen LogP) is -0.596. The lowest BCUT2D eigenvalue weighted by molar-refractivity contribution is 0.0314. The number of aromatic hydroxyl groups is 1. The van der Waals surface area contributed by atoms with Crippen molar-refractivity contribution >= 4 is 15.7 Å². The van der Waals surface area contributed by atoms with Crippen LogP contribution in [-0.2, 0) is 14.8 Å². The van der Waals surface area contributed by atoms with Crippen LogP contribution in [0, 0.1) is 0 Å². The molecule has 1 aromatic rings. The molecule has 1 unspecified atom stereocenters. The second-order valence-electron chi connectivity index (χ2n) is 4.57. The molecule has 19 heavy (non-hydrogen) atoms. The summed E-state index contributed by atoms with van der Waals surface area (Å²) in [5.41, 5.74) is 4.26. The zero-order valence-corrected chi connectivity index (χ0v) is 11.0. The van der Waals surface area contributed by atoms with Crippen molar-refractivity contribution < 1.29 is 23.4 Å². The summed E-state index contributed by atoms with van der Waals surface area (Å²) in [6, 6.07) is 3.60. The standard InChI is InChI=1S/C11H16N2O5S/c12-9-5-8(1-2-10(9)14)19(16,17)13-6-11(15)3-4-18-7-11/h1-2,5,13-15H,3-4,6-7,12H2. The third kappa shape index (κ3) is 3.16. The van der Waals surface area contributed by atoms with Gasteiger partial charge in [0.2, 0.25) is 10.0 Å². The molecular formula is C11H16N2O5S. The van der Waals surface area contributed by atoms with Gasteiger partial charge in [-0.15, -0.1) is 0 Å². The fraction of sp³-hybridized carbons (Fsp3) is 0.455. The van der Waals surface area contributed by atoms with Crippen molar-refractivity contribution in [3.05, 3.63) is 18.2 Å². The molecule has 2 rings (SSSR count). The molecular weight excluding hydrogens is 272 g/mol. The number of ether oxygens (including phenoxy) is 1. The van der Waals surface area contributed by atoms with Gasteiger partial charge >= 0.3 is 0 Å². The number of anilines is 1. The summed E-state index contributed by atoms with van der Waals surface area (Å²) in [5.74, 6) is -0.179. The Labute approximate surface area is 111 Å². The molecule has 1 heterocycles. The molecule has 1 saturated heterocycles. The third-order valence-electron chi connectivity index (χ3n) is 2.98. The second-order valence-corrected chi connectivity index (χ2v) is 6.34. The van der Waals surface area contributed by atoms with Gasteiger partial charge in [0.05, 0.1) is 17.2 Å². The van der Waals surface area contributed by atoms with Gasteiger partial charge in [-0.2, -0.15) is 0 Å². The van der Waals surface area contributed by atoms with Gasteiger partial charge in [-0.3, -0.25) is 0 Å². The van der Waals surface area contributed by atoms with Crippen molar-refractivity contribution in [3.63, 3.8) is 0 Å². The van der Waals surface area contributed by atoms with Gasteiger partial charge in [0.25, 0.3) is 0 Å². The first-order valence-electron chi connectivity index (χ1n) is 5.71. The van der Waals surface area contributed by atoms with Gasteiger partial charge in [0, 0.05) is 19.6 Å². The highest BCUT2D eigenvalue weighted by atomic mass is 32.2. The lowest BCUT2D eigenvalue weighted by Gasteiger charge is -2.20. The minimum Gasteiger partial charge on any atom is -0.506 e. The molecule has 5 N–H and O–H groups in total. The van der Waals surface area contributed by atoms with Crippen LogP contribution in [0.4, 0.5) is 5.69 Å². The Morgan fingerprint density at radius 2 is 2.21 bits per heavy atom. The van der Waals surface area contributed by atoms with Gasteiger partial charge in [-0.25, -0.2) is 13.1 Å². The summed E-state index contributed by atoms with van der Waals surface area (Å²) in [4.78, 5) is -0.0645. The van der Waals surface area contributed by atoms with E-state index < -0.39 is 15.6 Å². The van der Waals surface area contributed by atoms with Crippen molar-refractivity contribution in [1.82, 2.24) is 4.72 Å². The number of rotatable bonds is 4. The molecule has 0 aromatic heterocycles. The summed E-state index contributed by atoms with van der Waals surface area (Å²) >= 11 is 0. The molecule has 1 atom stereocenters. The molecule has 106 valence electrons. The van der Waals surface area contributed by atoms with Crippen molar-refractivity contribution in [1.29, 1.82) is 0 Å². The average Bonchev–Trinajstić information content (AvgIpc) is 2.78. The van der Waals surface area contributed by atoms with Gasteiger partial charge in [0.1, 0.15) is 11.4 Å². The first-order valence-corrected chi connectivity index (χ1v) is 7.19. The topological polar surface area (TPSA) is 122 Å². The van der Waals surface area contributed by atoms with E-state index in [1.165, 1.54) is 12.1 Å². The Balaban J connectivity index is 2.11. The van der Waals surface area contributed by atoms with E-state index in [1.807, 2.05) is 0 Å². The number of sulfonamides is 1. The number of aliphatic hydroxyl groups is 1. The maximum Gasteiger partial charge on any atom is 0.240 e. The third-order valence-corrected chi connectivity index (χ3v) is 4.38. The fourth-order valence-electron chi connectivity index (χ4n) is 1.75. The minimum atomic E-state index is -3.78. The van der Waals surface area contributed by atoms with E-state index in [0.29, 0.717) is 13.0 Å². The van der Waals surface area contributed by atoms with Crippen molar-refractivity contribution in [2.45, 2.75) is 16.9 Å². The number of phenolic OH excluding ortho intramolecular Hbond substituents is 1. The number of phenols is 1. The van der Waals surface area contributed by atoms with Crippen LogP contribution >= 0.6 is 0 Å². The Morgan fingerprint density at radius 3 is 2.79 bits per heavy atom. The SMILES string of the molecule is Nc1cc(S(=O)(=O)NCC2(O)CCOC2)ccc1O. The highest BCUT2D eigenvalue weighted by Crippen LogP contribution is 2.23. The molecule has 1 fully saturated rings. The molecule has 0 bridgehead atoms. The highest BCUT2D eigenvalue weighted by molar-refractivity contribution is 7.89. The quantitative estimate of drug-likeness (QED) is 0.434. The number of nitrogen functional groups attached to an aromatic ring is 1. The summed E-state index contributed by atoms with van der Waals surface area (Å²) in [6.45, 7) is 0.383. The van der Waals surface area contributed by atoms with E-state index in [0.717, 1.165) is 6.07 Å². The van der Waals surface area contributed by atoms with Crippen LogP contribution in [0.2, 0.25) is 0 Å². The zero-order chi connectivity index (χ0) is 14.1. The molecule has 7 nitrogen and oxygen atoms in total. The highest BCUT2D eigenvalue weighted by Gasteiger charge is 2.33. The van der Waals surface area contributed by atoms with E-state index in [2.05, 4.69) is 4.72 Å². The van der Waals surface area contributed by atoms with Crippen molar-refractivity contribution in [2.24, 2.45) is 0 Å². The van der Waals surface area contributed by atoms with E-state index >= 15 is 0 Å². The van der Waals surface area contributed by atoms with Gasteiger partial charge < -0.3 is 20.7 Å². The lowest BCUT2D eigenvalue weighted by atomic mass is 10.1. The summed E-state index contributed by atoms with van der Waals surface area (Å²) in [5, 5.41) is 19.2. The van der Waals surface area contributed by atoms with Gasteiger partial charge in [-0.05, 0) is 18.2 Å². The molecule has 0 aliphatic carbocycles. The lowest BCUT2D eigenvalue weighted by Crippen LogP contribution is -2.43. The fourth-order valence-corrected chi connectivity index (χ4v) is 2.90. The minimum absolute atomic E-state index is 0.0224. The van der Waals surface area contributed by atoms with Crippen molar-refractivity contribution in [3.8, 4) is 5.75 Å². The predicted molar refractivity (Wildman–Crippen MR) is 68.1 cm³/mol. The van der Waals surface area contributed by atoms with Crippen LogP contribution in [0.15, 0.2) is 23.1 Å². The Morgan fingerprint density at radius 1 is 1.47 bits per heavy atom. The molecule has 0 amide bonds. The number of nitrogens with one attached hydrogen (secondary N) is 1. The molecule has 0 spiro atoms. The monoisotopic (exact) mass is 288 g/mol. The summed E-state index contributed by atoms with van der Waals surface area (Å²) < 4.78 is 31.3. The van der Waals surface area contributed by atoms with Crippen LogP contribution < -0.4 is 10.5 Å². The zero-order valence-electron chi connectivity index (χ0n) is 10.2. The first-order chi connectivity index (χ1) is 8.82. The normalized spacial score (nSPS) is 23.6. The maximum atomic E-state index is 12.0. The van der Waals surface area contributed by atoms with Crippen LogP contribution in [0.5, 0.6) is 5.75 Å². The van der Waals surface area contributed by atoms with Crippen LogP contribution in [0.3, 0.4) is 0 Å². The maximum absolute atomic E-state index is 12.0. The molecule has 1 aliphatic rings. The van der Waals surface area contributed by atoms with Crippen LogP contribution in [0.1, 0.15) is 6.42 Å². The smallest absolute Gasteiger partial charge is 0.240 e. The molecule has 8 heteroatoms. The summed E-state index contributed by atoms with van der Waals surface area (Å²) in [7, 11) is -3.78. The number of nitrogens with two attached hydrogens (primary N) is 1. The van der Waals surface area contributed by atoms with E-state index in [-0.39, 0.29) is 29.5 Å². The Hall–Kier alpha value is -1.35. The molecule has 0 radical (unpaired) electrons. The molecule has 0 saturated carbocycles. The average molecular weight is 288 g/mol. The van der Waals surface area contributed by atoms with Gasteiger partial charge in [0.15, 0.2) is 0 Å². The van der Waals surface area contributed by atoms with Crippen molar-refractivity contribution in [2.75, 3.05) is 25.5 Å². The van der Waals surface area contributed by atoms with Crippen LogP contribution in [0.25, 0.3) is 0 Å². The largest absolute Gasteiger partial charge is 0.506 e. The number of hydrogen-bond donors (Lipinski definition) is 4. The van der Waals surface area contributed by atoms with E-state index in [1.54, 1.807) is 0 Å². The number of hydrogen-bond acceptors (Lipinski definition) is 6. The summed E-state index contributed by atoms with van der Waals surface area (Å²) in [6.07, 6.45) is 0.382. The van der Waals surface area contributed by atoms with Crippen LogP contribution in [-0.4, -0.2) is 44.0 Å². The van der Waals surface area contributed by atoms with E-state index in [4.69, 9.17) is 10.5 Å². The number of benzene rings is 1. The first kappa shape index (κ1) is 14.1. The Bertz CT molecular complexity index is 566.